The van der Waals surface area contributed by atoms with Gasteiger partial charge in [-0.1, -0.05) is 62.0 Å². The number of carbonyl (C=O) groups excluding carboxylic acids is 1. The summed E-state index contributed by atoms with van der Waals surface area (Å²) in [5.41, 5.74) is 4.67. The van der Waals surface area contributed by atoms with Gasteiger partial charge in [0.2, 0.25) is 5.91 Å². The summed E-state index contributed by atoms with van der Waals surface area (Å²) >= 11 is 0. The van der Waals surface area contributed by atoms with Gasteiger partial charge in [-0.2, -0.15) is 0 Å². The largest absolute Gasteiger partial charge is 0.490 e. The lowest BCUT2D eigenvalue weighted by Gasteiger charge is -2.35. The van der Waals surface area contributed by atoms with Crippen molar-refractivity contribution in [1.29, 1.82) is 0 Å². The van der Waals surface area contributed by atoms with Crippen LogP contribution in [0.2, 0.25) is 0 Å². The molecule has 0 atom stereocenters. The molecule has 41 heavy (non-hydrogen) atoms. The van der Waals surface area contributed by atoms with E-state index in [0.717, 1.165) is 64.1 Å². The van der Waals surface area contributed by atoms with Crippen LogP contribution in [0, 0.1) is 10.1 Å². The zero-order chi connectivity index (χ0) is 27.9. The fraction of sp³-hybridized carbons (Fsp3) is 0.424. The van der Waals surface area contributed by atoms with Crippen LogP contribution in [-0.4, -0.2) is 66.5 Å². The number of nitrogens with zero attached hydrogens (tertiary/aromatic N) is 3. The second-order valence-corrected chi connectivity index (χ2v) is 10.8. The van der Waals surface area contributed by atoms with Crippen LogP contribution < -0.4 is 10.1 Å². The minimum atomic E-state index is -0.445. The van der Waals surface area contributed by atoms with E-state index in [2.05, 4.69) is 58.7 Å². The van der Waals surface area contributed by atoms with E-state index in [0.29, 0.717) is 12.3 Å². The number of methoxy groups -OCH3 is 1. The third-order valence-electron chi connectivity index (χ3n) is 8.31. The lowest BCUT2D eigenvalue weighted by atomic mass is 9.88. The molecule has 3 aromatic rings. The van der Waals surface area contributed by atoms with E-state index in [1.807, 2.05) is 11.0 Å². The second-order valence-electron chi connectivity index (χ2n) is 10.8. The normalized spacial score (nSPS) is 16.6. The Morgan fingerprint density at radius 1 is 0.927 bits per heavy atom. The first-order valence-corrected chi connectivity index (χ1v) is 14.2. The molecular weight excluding hydrogens is 516 g/mol. The molecule has 2 fully saturated rings. The maximum absolute atomic E-state index is 12.9. The van der Waals surface area contributed by atoms with E-state index in [1.54, 1.807) is 12.1 Å². The highest BCUT2D eigenvalue weighted by Gasteiger charge is 2.25. The number of nitrogens with one attached hydrogen (secondary N) is 1. The van der Waals surface area contributed by atoms with Crippen LogP contribution in [0.25, 0.3) is 11.1 Å². The zero-order valence-electron chi connectivity index (χ0n) is 23.1. The standard InChI is InChI=1S/C32H38N4O4.CH4/c1-40-31-23-29(11-12-30(31)36(38)39)33-28-15-21-35(22-16-28)32(37)17-20-34-18-13-27(14-19-34)26-9-7-25(8-10-26)24-5-3-2-4-6-24;/h2-12,23,27-28,33H,13-22H2,1H3;1H4. The Hall–Kier alpha value is -3.91. The fourth-order valence-electron chi connectivity index (χ4n) is 5.91. The first kappa shape index (κ1) is 30.1. The van der Waals surface area contributed by atoms with E-state index in [1.165, 1.54) is 29.9 Å². The van der Waals surface area contributed by atoms with E-state index in [4.69, 9.17) is 4.74 Å². The molecule has 1 N–H and O–H groups in total. The SMILES string of the molecule is C.COc1cc(NC2CCN(C(=O)CCN3CCC(c4ccc(-c5ccccc5)cc4)CC3)CC2)ccc1[N+](=O)[O-]. The smallest absolute Gasteiger partial charge is 0.311 e. The maximum atomic E-state index is 12.9. The third-order valence-corrected chi connectivity index (χ3v) is 8.31. The van der Waals surface area contributed by atoms with Crippen LogP contribution in [0.5, 0.6) is 5.75 Å². The van der Waals surface area contributed by atoms with E-state index < -0.39 is 4.92 Å². The highest BCUT2D eigenvalue weighted by Crippen LogP contribution is 2.32. The van der Waals surface area contributed by atoms with Gasteiger partial charge in [-0.25, -0.2) is 0 Å². The summed E-state index contributed by atoms with van der Waals surface area (Å²) in [7, 11) is 1.43. The van der Waals surface area contributed by atoms with Crippen LogP contribution in [0.4, 0.5) is 11.4 Å². The van der Waals surface area contributed by atoms with Gasteiger partial charge in [-0.05, 0) is 67.4 Å². The Kier molecular flexibility index (Phi) is 10.4. The van der Waals surface area contributed by atoms with E-state index in [9.17, 15) is 14.9 Å². The third kappa shape index (κ3) is 7.64. The molecule has 5 rings (SSSR count). The first-order chi connectivity index (χ1) is 19.5. The van der Waals surface area contributed by atoms with Crippen molar-refractivity contribution in [3.63, 3.8) is 0 Å². The molecule has 3 aromatic carbocycles. The molecule has 2 heterocycles. The highest BCUT2D eigenvalue weighted by molar-refractivity contribution is 5.76. The Labute approximate surface area is 243 Å². The molecule has 0 aromatic heterocycles. The number of hydrogen-bond donors (Lipinski definition) is 1. The zero-order valence-corrected chi connectivity index (χ0v) is 23.1. The van der Waals surface area contributed by atoms with E-state index >= 15 is 0 Å². The number of rotatable bonds is 9. The van der Waals surface area contributed by atoms with Gasteiger partial charge in [-0.3, -0.25) is 14.9 Å². The molecule has 0 unspecified atom stereocenters. The number of hydrogen-bond acceptors (Lipinski definition) is 6. The maximum Gasteiger partial charge on any atom is 0.311 e. The minimum absolute atomic E-state index is 0. The molecule has 1 amide bonds. The van der Waals surface area contributed by atoms with Gasteiger partial charge in [-0.15, -0.1) is 0 Å². The van der Waals surface area contributed by atoms with Gasteiger partial charge >= 0.3 is 5.69 Å². The number of likely N-dealkylation sites (tertiary alicyclic amines) is 2. The Bertz CT molecular complexity index is 1280. The Morgan fingerprint density at radius 3 is 2.22 bits per heavy atom. The van der Waals surface area contributed by atoms with Gasteiger partial charge in [0.25, 0.3) is 0 Å². The predicted molar refractivity (Wildman–Crippen MR) is 165 cm³/mol. The second kappa shape index (κ2) is 14.1. The molecule has 0 bridgehead atoms. The van der Waals surface area contributed by atoms with Crippen molar-refractivity contribution in [2.24, 2.45) is 0 Å². The number of nitro groups is 1. The number of amides is 1. The molecule has 2 aliphatic heterocycles. The lowest BCUT2D eigenvalue weighted by Crippen LogP contribution is -2.43. The predicted octanol–water partition coefficient (Wildman–Crippen LogP) is 6.58. The van der Waals surface area contributed by atoms with Crippen LogP contribution in [0.3, 0.4) is 0 Å². The number of ether oxygens (including phenoxy) is 1. The molecular formula is C33H42N4O4. The van der Waals surface area contributed by atoms with Crippen LogP contribution in [-0.2, 0) is 4.79 Å². The summed E-state index contributed by atoms with van der Waals surface area (Å²) in [5, 5.41) is 14.6. The average molecular weight is 559 g/mol. The summed E-state index contributed by atoms with van der Waals surface area (Å²) in [6.45, 7) is 4.33. The van der Waals surface area contributed by atoms with Gasteiger partial charge in [0, 0.05) is 49.9 Å². The number of anilines is 1. The van der Waals surface area contributed by atoms with Crippen LogP contribution >= 0.6 is 0 Å². The van der Waals surface area contributed by atoms with Crippen molar-refractivity contribution in [2.45, 2.75) is 51.5 Å². The molecule has 0 radical (unpaired) electrons. The van der Waals surface area contributed by atoms with Gasteiger partial charge in [0.15, 0.2) is 5.75 Å². The molecule has 0 saturated carbocycles. The number of benzene rings is 3. The number of nitro benzene ring substituents is 1. The minimum Gasteiger partial charge on any atom is -0.490 e. The Morgan fingerprint density at radius 2 is 1.59 bits per heavy atom. The average Bonchev–Trinajstić information content (AvgIpc) is 3.01. The molecule has 8 heteroatoms. The number of piperidine rings is 2. The molecule has 2 aliphatic rings. The molecule has 0 aliphatic carbocycles. The first-order valence-electron chi connectivity index (χ1n) is 14.2. The van der Waals surface area contributed by atoms with Crippen molar-refractivity contribution in [1.82, 2.24) is 9.80 Å². The monoisotopic (exact) mass is 558 g/mol. The molecule has 0 spiro atoms. The topological polar surface area (TPSA) is 88.0 Å². The van der Waals surface area contributed by atoms with Gasteiger partial charge in [0.1, 0.15) is 0 Å². The van der Waals surface area contributed by atoms with Crippen molar-refractivity contribution >= 4 is 17.3 Å². The fourth-order valence-corrected chi connectivity index (χ4v) is 5.91. The summed E-state index contributed by atoms with van der Waals surface area (Å²) < 4.78 is 5.17. The van der Waals surface area contributed by atoms with Crippen molar-refractivity contribution in [3.8, 4) is 16.9 Å². The lowest BCUT2D eigenvalue weighted by molar-refractivity contribution is -0.385. The summed E-state index contributed by atoms with van der Waals surface area (Å²) in [6, 6.07) is 24.6. The van der Waals surface area contributed by atoms with E-state index in [-0.39, 0.29) is 30.8 Å². The molecule has 8 nitrogen and oxygen atoms in total. The van der Waals surface area contributed by atoms with Crippen molar-refractivity contribution in [3.05, 3.63) is 88.5 Å². The summed E-state index contributed by atoms with van der Waals surface area (Å²) in [5.74, 6) is 1.06. The van der Waals surface area contributed by atoms with Gasteiger partial charge < -0.3 is 19.9 Å². The number of carbonyl (C=O) groups is 1. The van der Waals surface area contributed by atoms with Crippen molar-refractivity contribution < 1.29 is 14.5 Å². The molecule has 2 saturated heterocycles. The summed E-state index contributed by atoms with van der Waals surface area (Å²) in [6.07, 6.45) is 4.51. The van der Waals surface area contributed by atoms with Crippen molar-refractivity contribution in [2.75, 3.05) is 45.2 Å². The highest BCUT2D eigenvalue weighted by atomic mass is 16.6. The van der Waals surface area contributed by atoms with Gasteiger partial charge in [0.05, 0.1) is 12.0 Å². The van der Waals surface area contributed by atoms with Crippen LogP contribution in [0.1, 0.15) is 51.0 Å². The Balaban J connectivity index is 0.00000387. The molecule has 218 valence electrons. The van der Waals surface area contributed by atoms with Crippen LogP contribution in [0.15, 0.2) is 72.8 Å². The summed E-state index contributed by atoms with van der Waals surface area (Å²) in [4.78, 5) is 28.0. The quantitative estimate of drug-likeness (QED) is 0.236.